The van der Waals surface area contributed by atoms with Crippen LogP contribution in [0.1, 0.15) is 10.4 Å². The summed E-state index contributed by atoms with van der Waals surface area (Å²) in [7, 11) is 0.790. The first kappa shape index (κ1) is 13.5. The minimum absolute atomic E-state index is 0.0404. The summed E-state index contributed by atoms with van der Waals surface area (Å²) < 4.78 is 31.4. The van der Waals surface area contributed by atoms with Crippen LogP contribution in [0.15, 0.2) is 24.3 Å². The lowest BCUT2D eigenvalue weighted by molar-refractivity contribution is 0.0373. The standard InChI is InChI=1S/C10H9ClO5S2/c11-18(13,14)16-9-4-2-1-3-8(9)10(12)15-7-5-17-6-7/h1-4,7H,5-6H2. The molecule has 0 aliphatic carbocycles. The van der Waals surface area contributed by atoms with E-state index in [1.165, 1.54) is 18.2 Å². The molecule has 18 heavy (non-hydrogen) atoms. The van der Waals surface area contributed by atoms with Crippen LogP contribution >= 0.6 is 22.4 Å². The van der Waals surface area contributed by atoms with Gasteiger partial charge in [0.05, 0.1) is 10.7 Å². The highest BCUT2D eigenvalue weighted by Gasteiger charge is 2.25. The molecule has 5 nitrogen and oxygen atoms in total. The van der Waals surface area contributed by atoms with Crippen molar-refractivity contribution in [3.63, 3.8) is 0 Å². The predicted molar refractivity (Wildman–Crippen MR) is 68.4 cm³/mol. The monoisotopic (exact) mass is 308 g/mol. The van der Waals surface area contributed by atoms with Gasteiger partial charge >= 0.3 is 15.3 Å². The van der Waals surface area contributed by atoms with Crippen LogP contribution in [0.2, 0.25) is 0 Å². The van der Waals surface area contributed by atoms with E-state index in [0.717, 1.165) is 11.5 Å². The van der Waals surface area contributed by atoms with Crippen molar-refractivity contribution in [1.29, 1.82) is 0 Å². The first-order chi connectivity index (χ1) is 8.46. The Bertz CT molecular complexity index is 553. The van der Waals surface area contributed by atoms with Gasteiger partial charge in [0.1, 0.15) is 11.7 Å². The van der Waals surface area contributed by atoms with Gasteiger partial charge in [0.25, 0.3) is 0 Å². The first-order valence-corrected chi connectivity index (χ1v) is 8.36. The van der Waals surface area contributed by atoms with E-state index in [1.807, 2.05) is 0 Å². The number of hydrogen-bond acceptors (Lipinski definition) is 6. The zero-order valence-corrected chi connectivity index (χ0v) is 11.4. The van der Waals surface area contributed by atoms with Crippen molar-refractivity contribution >= 4 is 37.7 Å². The molecule has 0 atom stereocenters. The van der Waals surface area contributed by atoms with Crippen LogP contribution in [-0.4, -0.2) is 32.0 Å². The van der Waals surface area contributed by atoms with Crippen molar-refractivity contribution in [3.8, 4) is 5.75 Å². The Hall–Kier alpha value is -0.920. The second-order valence-electron chi connectivity index (χ2n) is 3.54. The number of rotatable bonds is 4. The van der Waals surface area contributed by atoms with Gasteiger partial charge in [-0.3, -0.25) is 0 Å². The molecule has 0 saturated carbocycles. The van der Waals surface area contributed by atoms with Crippen LogP contribution in [-0.2, 0) is 14.1 Å². The SMILES string of the molecule is O=C(OC1CSC1)c1ccccc1OS(=O)(=O)Cl. The average Bonchev–Trinajstić information content (AvgIpc) is 2.21. The average molecular weight is 309 g/mol. The van der Waals surface area contributed by atoms with Crippen LogP contribution in [0.3, 0.4) is 0 Å². The molecule has 0 N–H and O–H groups in total. The Morgan fingerprint density at radius 2 is 2.00 bits per heavy atom. The summed E-state index contributed by atoms with van der Waals surface area (Å²) in [5.74, 6) is 0.756. The molecular formula is C10H9ClO5S2. The predicted octanol–water partition coefficient (Wildman–Crippen LogP) is 1.82. The molecule has 1 heterocycles. The van der Waals surface area contributed by atoms with Gasteiger partial charge in [-0.2, -0.15) is 20.2 Å². The Balaban J connectivity index is 2.18. The maximum atomic E-state index is 11.8. The molecule has 1 fully saturated rings. The summed E-state index contributed by atoms with van der Waals surface area (Å²) in [4.78, 5) is 11.8. The van der Waals surface area contributed by atoms with Crippen molar-refractivity contribution in [3.05, 3.63) is 29.8 Å². The molecule has 98 valence electrons. The minimum Gasteiger partial charge on any atom is -0.457 e. The van der Waals surface area contributed by atoms with E-state index in [0.29, 0.717) is 0 Å². The Labute approximate surface area is 113 Å². The number of thioether (sulfide) groups is 1. The molecule has 1 saturated heterocycles. The fraction of sp³-hybridized carbons (Fsp3) is 0.300. The molecule has 0 radical (unpaired) electrons. The summed E-state index contributed by atoms with van der Waals surface area (Å²) in [6.07, 6.45) is -0.122. The van der Waals surface area contributed by atoms with Gasteiger partial charge in [0.15, 0.2) is 5.75 Å². The third-order valence-corrected chi connectivity index (χ3v) is 3.96. The van der Waals surface area contributed by atoms with Gasteiger partial charge in [-0.05, 0) is 12.1 Å². The normalized spacial score (nSPS) is 15.8. The second-order valence-corrected chi connectivity index (χ2v) is 6.70. The van der Waals surface area contributed by atoms with Crippen LogP contribution in [0.5, 0.6) is 5.75 Å². The Morgan fingerprint density at radius 1 is 1.33 bits per heavy atom. The fourth-order valence-corrected chi connectivity index (χ4v) is 2.44. The zero-order valence-electron chi connectivity index (χ0n) is 9.04. The Kier molecular flexibility index (Phi) is 4.04. The fourth-order valence-electron chi connectivity index (χ4n) is 1.31. The number of carbonyl (C=O) groups excluding carboxylic acids is 1. The van der Waals surface area contributed by atoms with Gasteiger partial charge in [-0.15, -0.1) is 0 Å². The highest BCUT2D eigenvalue weighted by atomic mass is 35.7. The van der Waals surface area contributed by atoms with Crippen molar-refractivity contribution in [1.82, 2.24) is 0 Å². The van der Waals surface area contributed by atoms with E-state index in [2.05, 4.69) is 4.18 Å². The number of benzene rings is 1. The largest absolute Gasteiger partial charge is 0.457 e. The van der Waals surface area contributed by atoms with E-state index < -0.39 is 15.3 Å². The van der Waals surface area contributed by atoms with E-state index in [4.69, 9.17) is 15.4 Å². The maximum absolute atomic E-state index is 11.8. The molecule has 1 aromatic carbocycles. The summed E-state index contributed by atoms with van der Waals surface area (Å²) in [6, 6.07) is 5.88. The third kappa shape index (κ3) is 3.54. The minimum atomic E-state index is -4.19. The molecule has 1 aliphatic rings. The number of esters is 1. The van der Waals surface area contributed by atoms with Gasteiger partial charge in [-0.25, -0.2) is 4.79 Å². The molecule has 8 heteroatoms. The maximum Gasteiger partial charge on any atom is 0.401 e. The number of ether oxygens (including phenoxy) is 1. The molecule has 0 bridgehead atoms. The molecular weight excluding hydrogens is 300 g/mol. The Morgan fingerprint density at radius 3 is 2.56 bits per heavy atom. The van der Waals surface area contributed by atoms with Crippen LogP contribution in [0, 0.1) is 0 Å². The lowest BCUT2D eigenvalue weighted by Gasteiger charge is -2.24. The molecule has 1 aromatic rings. The lowest BCUT2D eigenvalue weighted by atomic mass is 10.2. The van der Waals surface area contributed by atoms with Crippen molar-refractivity contribution in [2.24, 2.45) is 0 Å². The number of para-hydroxylation sites is 1. The molecule has 2 rings (SSSR count). The van der Waals surface area contributed by atoms with E-state index in [1.54, 1.807) is 17.8 Å². The second kappa shape index (κ2) is 5.38. The van der Waals surface area contributed by atoms with Crippen LogP contribution in [0.4, 0.5) is 0 Å². The number of carbonyl (C=O) groups is 1. The van der Waals surface area contributed by atoms with E-state index in [9.17, 15) is 13.2 Å². The third-order valence-electron chi connectivity index (χ3n) is 2.18. The summed E-state index contributed by atoms with van der Waals surface area (Å²) >= 11 is 1.67. The topological polar surface area (TPSA) is 69.7 Å². The quantitative estimate of drug-likeness (QED) is 0.624. The lowest BCUT2D eigenvalue weighted by Crippen LogP contribution is -2.30. The summed E-state index contributed by atoms with van der Waals surface area (Å²) in [6.45, 7) is 0. The summed E-state index contributed by atoms with van der Waals surface area (Å²) in [5, 5.41) is 0. The van der Waals surface area contributed by atoms with Gasteiger partial charge in [0.2, 0.25) is 0 Å². The van der Waals surface area contributed by atoms with Crippen LogP contribution < -0.4 is 4.18 Å². The molecule has 1 aliphatic heterocycles. The smallest absolute Gasteiger partial charge is 0.401 e. The van der Waals surface area contributed by atoms with Gasteiger partial charge < -0.3 is 8.92 Å². The van der Waals surface area contributed by atoms with E-state index in [-0.39, 0.29) is 17.4 Å². The molecule has 0 spiro atoms. The summed E-state index contributed by atoms with van der Waals surface area (Å²) in [5.41, 5.74) is 0.0404. The van der Waals surface area contributed by atoms with Gasteiger partial charge in [-0.1, -0.05) is 12.1 Å². The molecule has 0 aromatic heterocycles. The highest BCUT2D eigenvalue weighted by Crippen LogP contribution is 2.25. The highest BCUT2D eigenvalue weighted by molar-refractivity contribution is 8.10. The molecule has 0 amide bonds. The van der Waals surface area contributed by atoms with Gasteiger partial charge in [0, 0.05) is 11.5 Å². The van der Waals surface area contributed by atoms with Crippen molar-refractivity contribution in [2.45, 2.75) is 6.10 Å². The number of hydrogen-bond donors (Lipinski definition) is 0. The number of halogens is 1. The molecule has 0 unspecified atom stereocenters. The zero-order chi connectivity index (χ0) is 13.2. The first-order valence-electron chi connectivity index (χ1n) is 4.97. The van der Waals surface area contributed by atoms with Crippen molar-refractivity contribution in [2.75, 3.05) is 11.5 Å². The van der Waals surface area contributed by atoms with Crippen molar-refractivity contribution < 1.29 is 22.1 Å². The van der Waals surface area contributed by atoms with E-state index >= 15 is 0 Å². The van der Waals surface area contributed by atoms with Crippen LogP contribution in [0.25, 0.3) is 0 Å².